The zero-order valence-electron chi connectivity index (χ0n) is 20.9. The largest absolute Gasteiger partial charge is 0.497 e. The fourth-order valence-corrected chi connectivity index (χ4v) is 6.60. The van der Waals surface area contributed by atoms with E-state index in [0.717, 1.165) is 50.5 Å². The van der Waals surface area contributed by atoms with E-state index in [9.17, 15) is 8.42 Å². The van der Waals surface area contributed by atoms with Gasteiger partial charge in [0, 0.05) is 49.9 Å². The number of methoxy groups -OCH3 is 2. The van der Waals surface area contributed by atoms with Crippen molar-refractivity contribution in [3.63, 3.8) is 0 Å². The molecular formula is C27H30N4O4S2. The summed E-state index contributed by atoms with van der Waals surface area (Å²) in [7, 11) is -0.919. The fraction of sp³-hybridized carbons (Fsp3) is 0.296. The molecule has 0 amide bonds. The molecule has 194 valence electrons. The summed E-state index contributed by atoms with van der Waals surface area (Å²) in [5.41, 5.74) is 1.59. The number of nitrogens with one attached hydrogen (secondary N) is 1. The molecule has 2 heterocycles. The molecule has 0 atom stereocenters. The van der Waals surface area contributed by atoms with E-state index in [0.29, 0.717) is 11.4 Å². The van der Waals surface area contributed by atoms with Gasteiger partial charge in [0.05, 0.1) is 18.9 Å². The summed E-state index contributed by atoms with van der Waals surface area (Å²) >= 11 is 1.56. The van der Waals surface area contributed by atoms with E-state index >= 15 is 0 Å². The number of hydrogen-bond acceptors (Lipinski definition) is 8. The molecule has 1 fully saturated rings. The van der Waals surface area contributed by atoms with Crippen LogP contribution in [-0.4, -0.2) is 64.6 Å². The van der Waals surface area contributed by atoms with E-state index in [-0.39, 0.29) is 10.6 Å². The van der Waals surface area contributed by atoms with E-state index in [1.807, 2.05) is 18.2 Å². The molecule has 1 aliphatic rings. The number of piperazine rings is 1. The van der Waals surface area contributed by atoms with Gasteiger partial charge < -0.3 is 14.4 Å². The van der Waals surface area contributed by atoms with Gasteiger partial charge in [-0.1, -0.05) is 24.3 Å². The highest BCUT2D eigenvalue weighted by Gasteiger charge is 2.22. The lowest BCUT2D eigenvalue weighted by Crippen LogP contribution is -2.47. The van der Waals surface area contributed by atoms with Crippen LogP contribution in [0.2, 0.25) is 0 Å². The monoisotopic (exact) mass is 538 g/mol. The molecule has 0 spiro atoms. The van der Waals surface area contributed by atoms with Crippen LogP contribution in [0.15, 0.2) is 71.6 Å². The average Bonchev–Trinajstić information content (AvgIpc) is 3.36. The Morgan fingerprint density at radius 2 is 1.76 bits per heavy atom. The highest BCUT2D eigenvalue weighted by Crippen LogP contribution is 2.31. The lowest BCUT2D eigenvalue weighted by Gasteiger charge is -2.35. The molecule has 8 nitrogen and oxygen atoms in total. The topological polar surface area (TPSA) is 84.0 Å². The van der Waals surface area contributed by atoms with Gasteiger partial charge in [0.15, 0.2) is 0 Å². The van der Waals surface area contributed by atoms with Gasteiger partial charge in [-0.3, -0.25) is 9.62 Å². The second-order valence-corrected chi connectivity index (χ2v) is 11.4. The quantitative estimate of drug-likeness (QED) is 0.336. The lowest BCUT2D eigenvalue weighted by molar-refractivity contribution is 0.261. The van der Waals surface area contributed by atoms with Crippen LogP contribution in [0.4, 0.5) is 11.5 Å². The Morgan fingerprint density at radius 3 is 2.54 bits per heavy atom. The normalized spacial score (nSPS) is 14.6. The first kappa shape index (κ1) is 25.3. The van der Waals surface area contributed by atoms with E-state index < -0.39 is 10.0 Å². The molecule has 1 aromatic heterocycles. The maximum atomic E-state index is 13.1. The van der Waals surface area contributed by atoms with Gasteiger partial charge in [-0.2, -0.15) is 4.37 Å². The van der Waals surface area contributed by atoms with Crippen molar-refractivity contribution in [1.29, 1.82) is 0 Å². The van der Waals surface area contributed by atoms with Crippen LogP contribution in [0, 0.1) is 0 Å². The number of rotatable bonds is 9. The first-order chi connectivity index (χ1) is 18.0. The number of nitrogens with zero attached hydrogens (tertiary/aromatic N) is 3. The maximum absolute atomic E-state index is 13.1. The van der Waals surface area contributed by atoms with E-state index in [4.69, 9.17) is 13.8 Å². The fourth-order valence-electron chi connectivity index (χ4n) is 4.57. The van der Waals surface area contributed by atoms with Gasteiger partial charge in [0.25, 0.3) is 10.0 Å². The van der Waals surface area contributed by atoms with Crippen LogP contribution in [0.5, 0.6) is 11.5 Å². The van der Waals surface area contributed by atoms with Crippen molar-refractivity contribution < 1.29 is 17.9 Å². The van der Waals surface area contributed by atoms with Crippen LogP contribution in [-0.2, 0) is 16.4 Å². The third-order valence-electron chi connectivity index (χ3n) is 6.59. The second kappa shape index (κ2) is 11.0. The van der Waals surface area contributed by atoms with Crippen molar-refractivity contribution in [3.8, 4) is 11.5 Å². The third kappa shape index (κ3) is 5.66. The lowest BCUT2D eigenvalue weighted by atomic mass is 10.1. The number of ether oxygens (including phenoxy) is 2. The smallest absolute Gasteiger partial charge is 0.265 e. The van der Waals surface area contributed by atoms with Crippen molar-refractivity contribution in [2.45, 2.75) is 11.3 Å². The summed E-state index contributed by atoms with van der Waals surface area (Å²) in [6.07, 6.45) is 0.831. The Hall–Kier alpha value is -3.34. The molecule has 0 unspecified atom stereocenters. The molecule has 4 aromatic rings. The number of hydrogen-bond donors (Lipinski definition) is 1. The van der Waals surface area contributed by atoms with Gasteiger partial charge in [0.2, 0.25) is 0 Å². The van der Waals surface area contributed by atoms with Gasteiger partial charge >= 0.3 is 0 Å². The molecule has 1 aliphatic heterocycles. The van der Waals surface area contributed by atoms with Crippen LogP contribution < -0.4 is 19.1 Å². The molecule has 37 heavy (non-hydrogen) atoms. The van der Waals surface area contributed by atoms with Gasteiger partial charge in [0.1, 0.15) is 22.2 Å². The Labute approximate surface area is 221 Å². The first-order valence-corrected chi connectivity index (χ1v) is 14.4. The molecule has 1 N–H and O–H groups in total. The number of fused-ring (bicyclic) bond motifs is 1. The van der Waals surface area contributed by atoms with Crippen LogP contribution in [0.3, 0.4) is 0 Å². The molecule has 5 rings (SSSR count). The second-order valence-electron chi connectivity index (χ2n) is 8.90. The first-order valence-electron chi connectivity index (χ1n) is 12.1. The summed E-state index contributed by atoms with van der Waals surface area (Å²) < 4.78 is 45.3. The van der Waals surface area contributed by atoms with Crippen LogP contribution in [0.1, 0.15) is 5.56 Å². The van der Waals surface area contributed by atoms with Gasteiger partial charge in [-0.15, -0.1) is 0 Å². The number of anilines is 2. The highest BCUT2D eigenvalue weighted by atomic mass is 32.2. The molecular weight excluding hydrogens is 508 g/mol. The predicted octanol–water partition coefficient (Wildman–Crippen LogP) is 4.48. The summed E-state index contributed by atoms with van der Waals surface area (Å²) in [5.74, 6) is 1.79. The van der Waals surface area contributed by atoms with Gasteiger partial charge in [-0.25, -0.2) is 8.42 Å². The number of aromatic nitrogens is 1. The Kier molecular flexibility index (Phi) is 7.50. The maximum Gasteiger partial charge on any atom is 0.265 e. The van der Waals surface area contributed by atoms with Crippen LogP contribution >= 0.6 is 11.5 Å². The SMILES string of the molecule is COc1ccc(OC)c(S(=O)(=O)Nc2cccc(CCN3CCN(c4nsc5ccccc45)CC3)c2)c1. The minimum Gasteiger partial charge on any atom is -0.497 e. The number of sulfonamides is 1. The van der Waals surface area contributed by atoms with E-state index in [1.54, 1.807) is 29.7 Å². The van der Waals surface area contributed by atoms with Crippen LogP contribution in [0.25, 0.3) is 10.1 Å². The van der Waals surface area contributed by atoms with Crippen molar-refractivity contribution in [2.75, 3.05) is 56.6 Å². The minimum absolute atomic E-state index is 0.0329. The van der Waals surface area contributed by atoms with Crippen molar-refractivity contribution in [2.24, 2.45) is 0 Å². The Morgan fingerprint density at radius 1 is 0.946 bits per heavy atom. The molecule has 0 radical (unpaired) electrons. The van der Waals surface area contributed by atoms with Gasteiger partial charge in [-0.05, 0) is 59.9 Å². The third-order valence-corrected chi connectivity index (χ3v) is 8.81. The minimum atomic E-state index is -3.86. The Balaban J connectivity index is 1.19. The zero-order chi connectivity index (χ0) is 25.8. The van der Waals surface area contributed by atoms with Crippen molar-refractivity contribution >= 4 is 43.1 Å². The number of benzene rings is 3. The van der Waals surface area contributed by atoms with Crippen molar-refractivity contribution in [3.05, 3.63) is 72.3 Å². The molecule has 10 heteroatoms. The molecule has 1 saturated heterocycles. The average molecular weight is 539 g/mol. The van der Waals surface area contributed by atoms with E-state index in [2.05, 4.69) is 38.8 Å². The molecule has 3 aromatic carbocycles. The van der Waals surface area contributed by atoms with E-state index in [1.165, 1.54) is 30.4 Å². The van der Waals surface area contributed by atoms with Crippen molar-refractivity contribution in [1.82, 2.24) is 9.27 Å². The zero-order valence-corrected chi connectivity index (χ0v) is 22.5. The summed E-state index contributed by atoms with van der Waals surface area (Å²) in [6, 6.07) is 20.6. The molecule has 0 bridgehead atoms. The molecule has 0 saturated carbocycles. The summed E-state index contributed by atoms with van der Waals surface area (Å²) in [4.78, 5) is 4.85. The standard InChI is InChI=1S/C27H30N4O4S2/c1-34-22-10-11-24(35-2)26(19-22)37(32,33)29-21-7-5-6-20(18-21)12-13-30-14-16-31(17-15-30)27-23-8-3-4-9-25(23)36-28-27/h3-11,18-19,29H,12-17H2,1-2H3. The summed E-state index contributed by atoms with van der Waals surface area (Å²) in [6.45, 7) is 4.72. The predicted molar refractivity (Wildman–Crippen MR) is 149 cm³/mol. The summed E-state index contributed by atoms with van der Waals surface area (Å²) in [5, 5.41) is 1.23. The highest BCUT2D eigenvalue weighted by molar-refractivity contribution is 7.92. The Bertz CT molecular complexity index is 1480. The molecule has 0 aliphatic carbocycles.